The largest absolute Gasteiger partial charge is 0.420 e. The maximum atomic E-state index is 13.9. The van der Waals surface area contributed by atoms with Crippen LogP contribution >= 0.6 is 7.67 Å². The molecule has 2 aliphatic rings. The highest BCUT2D eigenvalue weighted by Gasteiger charge is 2.40. The Morgan fingerprint density at radius 3 is 1.97 bits per heavy atom. The topological polar surface area (TPSA) is 62.0 Å². The predicted molar refractivity (Wildman–Crippen MR) is 133 cm³/mol. The van der Waals surface area contributed by atoms with Crippen LogP contribution in [0.2, 0.25) is 0 Å². The van der Waals surface area contributed by atoms with Gasteiger partial charge in [0.1, 0.15) is 5.75 Å². The summed E-state index contributed by atoms with van der Waals surface area (Å²) in [7, 11) is -3.56. The number of hydrogen-bond donors (Lipinski definition) is 1. The van der Waals surface area contributed by atoms with Crippen molar-refractivity contribution in [3.05, 3.63) is 29.8 Å². The number of hydrazine groups is 2. The minimum atomic E-state index is -3.56. The lowest BCUT2D eigenvalue weighted by atomic mass is 10.0. The van der Waals surface area contributed by atoms with Gasteiger partial charge in [0, 0.05) is 26.2 Å². The smallest absolute Gasteiger partial charge is 0.418 e. The van der Waals surface area contributed by atoms with E-state index in [4.69, 9.17) is 10.0 Å². The zero-order chi connectivity index (χ0) is 22.7. The number of benzene rings is 1. The van der Waals surface area contributed by atoms with Crippen LogP contribution in [-0.4, -0.2) is 41.1 Å². The highest BCUT2D eigenvalue weighted by molar-refractivity contribution is 7.54. The van der Waals surface area contributed by atoms with Gasteiger partial charge in [0.05, 0.1) is 0 Å². The summed E-state index contributed by atoms with van der Waals surface area (Å²) in [6.45, 7) is 5.81. The van der Waals surface area contributed by atoms with E-state index in [0.29, 0.717) is 5.75 Å². The van der Waals surface area contributed by atoms with Crippen LogP contribution in [0.3, 0.4) is 0 Å². The van der Waals surface area contributed by atoms with Crippen LogP contribution in [0.15, 0.2) is 24.3 Å². The Labute approximate surface area is 196 Å². The summed E-state index contributed by atoms with van der Waals surface area (Å²) in [4.78, 5) is 1.83. The summed E-state index contributed by atoms with van der Waals surface area (Å²) < 4.78 is 20.1. The fourth-order valence-electron chi connectivity index (χ4n) is 4.89. The molecule has 0 aromatic heterocycles. The lowest BCUT2D eigenvalue weighted by molar-refractivity contribution is -0.134. The molecular formula is C25H45N4O2P. The van der Waals surface area contributed by atoms with Crippen LogP contribution < -0.4 is 10.0 Å². The fourth-order valence-corrected chi connectivity index (χ4v) is 6.49. The van der Waals surface area contributed by atoms with E-state index in [1.165, 1.54) is 51.4 Å². The zero-order valence-electron chi connectivity index (χ0n) is 20.2. The number of nitrogens with zero attached hydrogens (tertiary/aromatic N) is 3. The van der Waals surface area contributed by atoms with Gasteiger partial charge in [-0.05, 0) is 50.2 Å². The van der Waals surface area contributed by atoms with Crippen molar-refractivity contribution in [1.82, 2.24) is 14.9 Å². The van der Waals surface area contributed by atoms with Crippen molar-refractivity contribution >= 4 is 7.67 Å². The summed E-state index contributed by atoms with van der Waals surface area (Å²) in [5.41, 5.74) is 7.64. The van der Waals surface area contributed by atoms with Crippen molar-refractivity contribution in [2.24, 2.45) is 5.50 Å². The molecule has 0 aliphatic carbocycles. The molecular weight excluding hydrogens is 419 g/mol. The van der Waals surface area contributed by atoms with Gasteiger partial charge in [0.15, 0.2) is 0 Å². The maximum absolute atomic E-state index is 13.9. The molecule has 1 atom stereocenters. The molecule has 2 heterocycles. The Morgan fingerprint density at radius 2 is 1.38 bits per heavy atom. The molecule has 0 bridgehead atoms. The SMILES string of the molecule is CCCCCCCCCc1ccccc1OP(N)(=O)N(N1CCCCC1)N1CCCCC1. The van der Waals surface area contributed by atoms with Crippen LogP contribution in [-0.2, 0) is 11.0 Å². The van der Waals surface area contributed by atoms with E-state index >= 15 is 0 Å². The number of para-hydroxylation sites is 1. The number of hydrogen-bond acceptors (Lipinski definition) is 4. The molecule has 2 fully saturated rings. The minimum absolute atomic E-state index is 0.684. The molecule has 0 amide bonds. The maximum Gasteiger partial charge on any atom is 0.418 e. The third-order valence-electron chi connectivity index (χ3n) is 6.67. The first-order valence-electron chi connectivity index (χ1n) is 13.1. The lowest BCUT2D eigenvalue weighted by Crippen LogP contribution is -2.56. The number of nitrogens with two attached hydrogens (primary N) is 1. The predicted octanol–water partition coefficient (Wildman–Crippen LogP) is 6.53. The standard InChI is InChI=1S/C25H45N4O2P/c1-2-3-4-5-6-7-10-17-24-18-11-12-19-25(24)31-32(26,30)29(27-20-13-8-14-21-27)28-22-15-9-16-23-28/h11-12,18-19H,2-10,13-17,20-23H2,1H3,(H2,26,30). The van der Waals surface area contributed by atoms with Gasteiger partial charge in [-0.15, -0.1) is 0 Å². The van der Waals surface area contributed by atoms with E-state index in [0.717, 1.165) is 70.3 Å². The molecule has 7 heteroatoms. The molecule has 1 aromatic carbocycles. The summed E-state index contributed by atoms with van der Waals surface area (Å²) in [6.07, 6.45) is 16.8. The van der Waals surface area contributed by atoms with Crippen LogP contribution in [0, 0.1) is 0 Å². The zero-order valence-corrected chi connectivity index (χ0v) is 21.1. The summed E-state index contributed by atoms with van der Waals surface area (Å²) >= 11 is 0. The van der Waals surface area contributed by atoms with E-state index in [-0.39, 0.29) is 0 Å². The lowest BCUT2D eigenvalue weighted by Gasteiger charge is -2.46. The van der Waals surface area contributed by atoms with Gasteiger partial charge in [-0.25, -0.2) is 20.1 Å². The van der Waals surface area contributed by atoms with Gasteiger partial charge in [0.25, 0.3) is 0 Å². The van der Waals surface area contributed by atoms with E-state index < -0.39 is 7.67 Å². The van der Waals surface area contributed by atoms with Crippen LogP contribution in [0.4, 0.5) is 0 Å². The number of aryl methyl sites for hydroxylation is 1. The fraction of sp³-hybridized carbons (Fsp3) is 0.760. The molecule has 2 aliphatic heterocycles. The first kappa shape index (κ1) is 25.7. The van der Waals surface area contributed by atoms with E-state index in [1.54, 1.807) is 0 Å². The Kier molecular flexibility index (Phi) is 11.0. The van der Waals surface area contributed by atoms with Crippen molar-refractivity contribution in [2.75, 3.05) is 26.2 Å². The molecule has 6 nitrogen and oxygen atoms in total. The second-order valence-corrected chi connectivity index (χ2v) is 11.1. The number of rotatable bonds is 13. The van der Waals surface area contributed by atoms with Crippen molar-refractivity contribution in [3.8, 4) is 5.75 Å². The van der Waals surface area contributed by atoms with E-state index in [9.17, 15) is 4.57 Å². The summed E-state index contributed by atoms with van der Waals surface area (Å²) in [5, 5.41) is 4.35. The van der Waals surface area contributed by atoms with Crippen LogP contribution in [0.5, 0.6) is 5.75 Å². The quantitative estimate of drug-likeness (QED) is 0.265. The second kappa shape index (κ2) is 13.7. The first-order chi connectivity index (χ1) is 15.6. The molecule has 0 spiro atoms. The van der Waals surface area contributed by atoms with Crippen molar-refractivity contribution in [2.45, 2.75) is 96.8 Å². The van der Waals surface area contributed by atoms with Crippen molar-refractivity contribution < 1.29 is 9.09 Å². The average Bonchev–Trinajstić information content (AvgIpc) is 2.80. The van der Waals surface area contributed by atoms with Gasteiger partial charge in [-0.1, -0.05) is 81.4 Å². The van der Waals surface area contributed by atoms with Gasteiger partial charge in [-0.3, -0.25) is 0 Å². The highest BCUT2D eigenvalue weighted by atomic mass is 31.2. The number of unbranched alkanes of at least 4 members (excludes halogenated alkanes) is 6. The van der Waals surface area contributed by atoms with E-state index in [1.807, 2.05) is 23.1 Å². The first-order valence-corrected chi connectivity index (χ1v) is 14.7. The Morgan fingerprint density at radius 1 is 0.844 bits per heavy atom. The molecule has 0 radical (unpaired) electrons. The normalized spacial score (nSPS) is 20.3. The molecule has 2 N–H and O–H groups in total. The van der Waals surface area contributed by atoms with E-state index in [2.05, 4.69) is 23.0 Å². The Bertz CT molecular complexity index is 687. The Hall–Kier alpha value is -0.910. The second-order valence-electron chi connectivity index (χ2n) is 9.43. The molecule has 1 aromatic rings. The summed E-state index contributed by atoms with van der Waals surface area (Å²) in [5.74, 6) is 0.684. The van der Waals surface area contributed by atoms with Gasteiger partial charge in [0.2, 0.25) is 0 Å². The molecule has 2 saturated heterocycles. The monoisotopic (exact) mass is 464 g/mol. The molecule has 1 unspecified atom stereocenters. The van der Waals surface area contributed by atoms with Gasteiger partial charge in [-0.2, -0.15) is 0 Å². The summed E-state index contributed by atoms with van der Waals surface area (Å²) in [6, 6.07) is 8.02. The molecule has 32 heavy (non-hydrogen) atoms. The van der Waals surface area contributed by atoms with Crippen molar-refractivity contribution in [3.63, 3.8) is 0 Å². The Balaban J connectivity index is 1.64. The third kappa shape index (κ3) is 7.85. The van der Waals surface area contributed by atoms with Crippen molar-refractivity contribution in [1.29, 1.82) is 0 Å². The van der Waals surface area contributed by atoms with Gasteiger partial charge >= 0.3 is 7.67 Å². The average molecular weight is 465 g/mol. The molecule has 3 rings (SSSR count). The third-order valence-corrected chi connectivity index (χ3v) is 8.13. The van der Waals surface area contributed by atoms with Gasteiger partial charge < -0.3 is 4.52 Å². The number of piperidine rings is 2. The molecule has 182 valence electrons. The van der Waals surface area contributed by atoms with Crippen LogP contribution in [0.1, 0.15) is 96.0 Å². The minimum Gasteiger partial charge on any atom is -0.420 e. The highest BCUT2D eigenvalue weighted by Crippen LogP contribution is 2.47. The van der Waals surface area contributed by atoms with Crippen LogP contribution in [0.25, 0.3) is 0 Å². The molecule has 0 saturated carbocycles.